The van der Waals surface area contributed by atoms with Crippen molar-refractivity contribution in [2.75, 3.05) is 6.54 Å². The fraction of sp³-hybridized carbons (Fsp3) is 0.500. The molecule has 3 N–H and O–H groups in total. The van der Waals surface area contributed by atoms with Crippen LogP contribution in [0.1, 0.15) is 29.5 Å². The molecule has 2 rings (SSSR count). The molecular weight excluding hydrogens is 230 g/mol. The molecule has 98 valence electrons. The maximum Gasteiger partial charge on any atom is 0.306 e. The van der Waals surface area contributed by atoms with Crippen molar-refractivity contribution < 1.29 is 15.0 Å². The van der Waals surface area contributed by atoms with Gasteiger partial charge in [-0.2, -0.15) is 0 Å². The molecule has 0 fully saturated rings. The molecule has 1 aromatic rings. The molecule has 0 spiro atoms. The first kappa shape index (κ1) is 13.1. The molecule has 0 bridgehead atoms. The third-order valence-corrected chi connectivity index (χ3v) is 3.28. The lowest BCUT2D eigenvalue weighted by molar-refractivity contribution is -0.139. The van der Waals surface area contributed by atoms with Crippen molar-refractivity contribution in [2.24, 2.45) is 0 Å². The molecule has 1 aliphatic rings. The van der Waals surface area contributed by atoms with E-state index in [0.717, 1.165) is 6.42 Å². The van der Waals surface area contributed by atoms with E-state index in [2.05, 4.69) is 23.5 Å². The van der Waals surface area contributed by atoms with Gasteiger partial charge in [-0.05, 0) is 36.0 Å². The lowest BCUT2D eigenvalue weighted by Crippen LogP contribution is -2.28. The van der Waals surface area contributed by atoms with Crippen LogP contribution in [0.15, 0.2) is 18.2 Å². The second kappa shape index (κ2) is 5.98. The van der Waals surface area contributed by atoms with Gasteiger partial charge in [0.1, 0.15) is 0 Å². The van der Waals surface area contributed by atoms with Crippen molar-refractivity contribution >= 4 is 5.97 Å². The van der Waals surface area contributed by atoms with E-state index in [0.29, 0.717) is 13.1 Å². The number of fused-ring (bicyclic) bond motifs is 1. The number of aliphatic carboxylic acids is 1. The van der Waals surface area contributed by atoms with Crippen molar-refractivity contribution in [2.45, 2.75) is 38.3 Å². The largest absolute Gasteiger partial charge is 0.481 e. The van der Waals surface area contributed by atoms with Gasteiger partial charge in [0.25, 0.3) is 0 Å². The molecule has 0 saturated heterocycles. The number of benzene rings is 1. The van der Waals surface area contributed by atoms with Gasteiger partial charge in [0.2, 0.25) is 0 Å². The van der Waals surface area contributed by atoms with Gasteiger partial charge in [-0.3, -0.25) is 4.79 Å². The summed E-state index contributed by atoms with van der Waals surface area (Å²) in [5.74, 6) is -0.971. The van der Waals surface area contributed by atoms with Gasteiger partial charge in [-0.25, -0.2) is 0 Å². The highest BCUT2D eigenvalue weighted by Gasteiger charge is 2.11. The molecule has 0 aliphatic heterocycles. The normalized spacial score (nSPS) is 15.4. The average molecular weight is 249 g/mol. The maximum absolute atomic E-state index is 10.4. The van der Waals surface area contributed by atoms with Crippen LogP contribution in [0.3, 0.4) is 0 Å². The van der Waals surface area contributed by atoms with Crippen molar-refractivity contribution in [1.29, 1.82) is 0 Å². The first-order valence-electron chi connectivity index (χ1n) is 6.36. The Morgan fingerprint density at radius 2 is 2.11 bits per heavy atom. The number of hydrogen-bond acceptors (Lipinski definition) is 3. The minimum Gasteiger partial charge on any atom is -0.481 e. The third-order valence-electron chi connectivity index (χ3n) is 3.28. The van der Waals surface area contributed by atoms with Gasteiger partial charge in [-0.1, -0.05) is 18.2 Å². The molecule has 1 aromatic carbocycles. The maximum atomic E-state index is 10.4. The van der Waals surface area contributed by atoms with E-state index in [1.165, 1.54) is 29.5 Å². The monoisotopic (exact) mass is 249 g/mol. The Morgan fingerprint density at radius 3 is 2.89 bits per heavy atom. The van der Waals surface area contributed by atoms with Crippen LogP contribution in [0, 0.1) is 0 Å². The fourth-order valence-corrected chi connectivity index (χ4v) is 2.39. The summed E-state index contributed by atoms with van der Waals surface area (Å²) in [4.78, 5) is 10.4. The Balaban J connectivity index is 1.78. The predicted octanol–water partition coefficient (Wildman–Crippen LogP) is 1.10. The van der Waals surface area contributed by atoms with Crippen molar-refractivity contribution in [3.05, 3.63) is 34.9 Å². The summed E-state index contributed by atoms with van der Waals surface area (Å²) >= 11 is 0. The zero-order valence-electron chi connectivity index (χ0n) is 10.4. The van der Waals surface area contributed by atoms with Crippen LogP contribution < -0.4 is 5.32 Å². The van der Waals surface area contributed by atoms with Crippen molar-refractivity contribution in [1.82, 2.24) is 5.32 Å². The third kappa shape index (κ3) is 3.55. The fourth-order valence-electron chi connectivity index (χ4n) is 2.39. The van der Waals surface area contributed by atoms with Crippen molar-refractivity contribution in [3.63, 3.8) is 0 Å². The quantitative estimate of drug-likeness (QED) is 0.706. The number of aryl methyl sites for hydroxylation is 2. The van der Waals surface area contributed by atoms with Crippen molar-refractivity contribution in [3.8, 4) is 0 Å². The summed E-state index contributed by atoms with van der Waals surface area (Å²) in [6.07, 6.45) is 2.54. The second-order valence-electron chi connectivity index (χ2n) is 4.84. The highest BCUT2D eigenvalue weighted by molar-refractivity contribution is 5.67. The van der Waals surface area contributed by atoms with E-state index >= 15 is 0 Å². The first-order valence-corrected chi connectivity index (χ1v) is 6.36. The zero-order valence-corrected chi connectivity index (χ0v) is 10.4. The van der Waals surface area contributed by atoms with E-state index in [1.54, 1.807) is 0 Å². The molecule has 1 unspecified atom stereocenters. The molecule has 1 atom stereocenters. The molecule has 0 aromatic heterocycles. The minimum absolute atomic E-state index is 0.211. The number of carboxylic acids is 1. The highest BCUT2D eigenvalue weighted by atomic mass is 16.4. The number of carbonyl (C=O) groups is 1. The molecule has 0 radical (unpaired) electrons. The molecule has 0 heterocycles. The predicted molar refractivity (Wildman–Crippen MR) is 68.4 cm³/mol. The SMILES string of the molecule is O=C(O)CC(O)CNCc1ccc2c(c1)CCC2. The summed E-state index contributed by atoms with van der Waals surface area (Å²) in [6.45, 7) is 0.980. The molecule has 0 amide bonds. The number of hydrogen-bond donors (Lipinski definition) is 3. The summed E-state index contributed by atoms with van der Waals surface area (Å²) < 4.78 is 0. The van der Waals surface area contributed by atoms with E-state index in [1.807, 2.05) is 0 Å². The van der Waals surface area contributed by atoms with Crippen LogP contribution >= 0.6 is 0 Å². The molecule has 4 heteroatoms. The number of nitrogens with one attached hydrogen (secondary N) is 1. The minimum atomic E-state index is -0.971. The molecule has 0 saturated carbocycles. The van der Waals surface area contributed by atoms with Gasteiger partial charge in [0.15, 0.2) is 0 Å². The van der Waals surface area contributed by atoms with Crippen LogP contribution in [-0.4, -0.2) is 28.8 Å². The van der Waals surface area contributed by atoms with Gasteiger partial charge in [0.05, 0.1) is 12.5 Å². The topological polar surface area (TPSA) is 69.6 Å². The lowest BCUT2D eigenvalue weighted by Gasteiger charge is -2.10. The van der Waals surface area contributed by atoms with E-state index in [-0.39, 0.29) is 6.42 Å². The van der Waals surface area contributed by atoms with Crippen LogP contribution in [0.4, 0.5) is 0 Å². The summed E-state index contributed by atoms with van der Waals surface area (Å²) in [5, 5.41) is 21.0. The highest BCUT2D eigenvalue weighted by Crippen LogP contribution is 2.22. The van der Waals surface area contributed by atoms with E-state index in [9.17, 15) is 9.90 Å². The van der Waals surface area contributed by atoms with Gasteiger partial charge < -0.3 is 15.5 Å². The standard InChI is InChI=1S/C14H19NO3/c16-13(7-14(17)18)9-15-8-10-4-5-11-2-1-3-12(11)6-10/h4-6,13,15-16H,1-3,7-9H2,(H,17,18). The van der Waals surface area contributed by atoms with Crippen LogP contribution in [0.25, 0.3) is 0 Å². The Morgan fingerprint density at radius 1 is 1.33 bits per heavy atom. The summed E-state index contributed by atoms with van der Waals surface area (Å²) in [6, 6.07) is 6.48. The number of aliphatic hydroxyl groups is 1. The molecule has 18 heavy (non-hydrogen) atoms. The first-order chi connectivity index (χ1) is 8.65. The lowest BCUT2D eigenvalue weighted by atomic mass is 10.1. The number of rotatable bonds is 6. The zero-order chi connectivity index (χ0) is 13.0. The smallest absolute Gasteiger partial charge is 0.306 e. The van der Waals surface area contributed by atoms with Crippen LogP contribution in [0.2, 0.25) is 0 Å². The van der Waals surface area contributed by atoms with Gasteiger partial charge >= 0.3 is 5.97 Å². The van der Waals surface area contributed by atoms with Gasteiger partial charge in [0, 0.05) is 13.1 Å². The molecule has 1 aliphatic carbocycles. The van der Waals surface area contributed by atoms with E-state index in [4.69, 9.17) is 5.11 Å². The number of carboxylic acid groups (broad SMARTS) is 1. The Bertz CT molecular complexity index is 431. The Hall–Kier alpha value is -1.39. The van der Waals surface area contributed by atoms with Crippen LogP contribution in [-0.2, 0) is 24.2 Å². The van der Waals surface area contributed by atoms with Crippen LogP contribution in [0.5, 0.6) is 0 Å². The number of aliphatic hydroxyl groups excluding tert-OH is 1. The Kier molecular flexibility index (Phi) is 4.33. The summed E-state index contributed by atoms with van der Waals surface area (Å²) in [7, 11) is 0. The molecular formula is C14H19NO3. The van der Waals surface area contributed by atoms with E-state index < -0.39 is 12.1 Å². The second-order valence-corrected chi connectivity index (χ2v) is 4.84. The molecule has 4 nitrogen and oxygen atoms in total. The average Bonchev–Trinajstić information content (AvgIpc) is 2.75. The van der Waals surface area contributed by atoms with Gasteiger partial charge in [-0.15, -0.1) is 0 Å². The Labute approximate surface area is 107 Å². The summed E-state index contributed by atoms with van der Waals surface area (Å²) in [5.41, 5.74) is 4.07.